The quantitative estimate of drug-likeness (QED) is 0.705. The molecule has 0 aliphatic carbocycles. The molecule has 0 aromatic heterocycles. The third-order valence-corrected chi connectivity index (χ3v) is 2.66. The smallest absolute Gasteiger partial charge is 0.123 e. The van der Waals surface area contributed by atoms with Gasteiger partial charge in [-0.25, -0.2) is 4.39 Å². The Kier molecular flexibility index (Phi) is 2.79. The van der Waals surface area contributed by atoms with E-state index < -0.39 is 0 Å². The molecule has 0 bridgehead atoms. The molecule has 2 rings (SSSR count). The summed E-state index contributed by atoms with van der Waals surface area (Å²) in [6.45, 7) is 4.83. The van der Waals surface area contributed by atoms with Crippen molar-refractivity contribution in [3.63, 3.8) is 0 Å². The average Bonchev–Trinajstić information content (AvgIpc) is 2.23. The predicted octanol–water partition coefficient (Wildman–Crippen LogP) is 1.37. The zero-order chi connectivity index (χ0) is 9.97. The van der Waals surface area contributed by atoms with Crippen LogP contribution in [0.2, 0.25) is 0 Å². The summed E-state index contributed by atoms with van der Waals surface area (Å²) in [4.78, 5) is 0. The van der Waals surface area contributed by atoms with Gasteiger partial charge in [0.2, 0.25) is 0 Å². The lowest BCUT2D eigenvalue weighted by Crippen LogP contribution is -2.42. The highest BCUT2D eigenvalue weighted by Crippen LogP contribution is 2.19. The maximum absolute atomic E-state index is 13.1. The number of hydrogen-bond acceptors (Lipinski definition) is 2. The minimum Gasteiger partial charge on any atom is -0.314 e. The summed E-state index contributed by atoms with van der Waals surface area (Å²) < 4.78 is 13.1. The van der Waals surface area contributed by atoms with Crippen molar-refractivity contribution in [2.24, 2.45) is 0 Å². The van der Waals surface area contributed by atoms with Crippen LogP contribution in [0, 0.1) is 12.7 Å². The monoisotopic (exact) mass is 194 g/mol. The first-order valence-electron chi connectivity index (χ1n) is 4.97. The Bertz CT molecular complexity index is 319. The second kappa shape index (κ2) is 4.07. The molecule has 3 heteroatoms. The van der Waals surface area contributed by atoms with Crippen molar-refractivity contribution in [1.29, 1.82) is 0 Å². The summed E-state index contributed by atoms with van der Waals surface area (Å²) in [6, 6.07) is 5.22. The van der Waals surface area contributed by atoms with E-state index in [2.05, 4.69) is 10.6 Å². The van der Waals surface area contributed by atoms with Crippen molar-refractivity contribution >= 4 is 0 Å². The first-order valence-corrected chi connectivity index (χ1v) is 4.97. The van der Waals surface area contributed by atoms with Crippen molar-refractivity contribution < 1.29 is 4.39 Å². The molecule has 2 N–H and O–H groups in total. The molecule has 14 heavy (non-hydrogen) atoms. The van der Waals surface area contributed by atoms with Gasteiger partial charge in [0.1, 0.15) is 5.82 Å². The van der Waals surface area contributed by atoms with Crippen LogP contribution < -0.4 is 10.6 Å². The SMILES string of the molecule is Cc1ccc(F)cc1[C@H]1CNCCN1. The normalized spacial score (nSPS) is 22.3. The van der Waals surface area contributed by atoms with Gasteiger partial charge in [0, 0.05) is 25.7 Å². The van der Waals surface area contributed by atoms with Gasteiger partial charge in [-0.1, -0.05) is 6.07 Å². The molecule has 0 amide bonds. The Morgan fingerprint density at radius 3 is 2.93 bits per heavy atom. The van der Waals surface area contributed by atoms with Crippen molar-refractivity contribution in [3.05, 3.63) is 35.1 Å². The van der Waals surface area contributed by atoms with E-state index in [0.717, 1.165) is 30.8 Å². The van der Waals surface area contributed by atoms with Gasteiger partial charge in [0.05, 0.1) is 0 Å². The molecule has 2 nitrogen and oxygen atoms in total. The minimum atomic E-state index is -0.155. The van der Waals surface area contributed by atoms with E-state index in [1.54, 1.807) is 6.07 Å². The summed E-state index contributed by atoms with van der Waals surface area (Å²) in [5, 5.41) is 6.67. The van der Waals surface area contributed by atoms with Crippen molar-refractivity contribution in [3.8, 4) is 0 Å². The molecule has 0 spiro atoms. The van der Waals surface area contributed by atoms with Crippen molar-refractivity contribution in [2.45, 2.75) is 13.0 Å². The van der Waals surface area contributed by atoms with Crippen LogP contribution >= 0.6 is 0 Å². The number of nitrogens with one attached hydrogen (secondary N) is 2. The Balaban J connectivity index is 2.24. The Labute approximate surface area is 83.5 Å². The van der Waals surface area contributed by atoms with E-state index in [9.17, 15) is 4.39 Å². The van der Waals surface area contributed by atoms with Crippen LogP contribution in [0.3, 0.4) is 0 Å². The molecule has 1 heterocycles. The molecule has 0 saturated carbocycles. The molecule has 1 aromatic carbocycles. The predicted molar refractivity (Wildman–Crippen MR) is 54.8 cm³/mol. The van der Waals surface area contributed by atoms with Gasteiger partial charge in [-0.2, -0.15) is 0 Å². The first-order chi connectivity index (χ1) is 6.77. The van der Waals surface area contributed by atoms with Crippen LogP contribution in [0.25, 0.3) is 0 Å². The molecular weight excluding hydrogens is 179 g/mol. The molecule has 0 radical (unpaired) electrons. The third-order valence-electron chi connectivity index (χ3n) is 2.66. The fourth-order valence-electron chi connectivity index (χ4n) is 1.86. The van der Waals surface area contributed by atoms with Crippen molar-refractivity contribution in [2.75, 3.05) is 19.6 Å². The summed E-state index contributed by atoms with van der Waals surface area (Å²) >= 11 is 0. The summed E-state index contributed by atoms with van der Waals surface area (Å²) in [5.41, 5.74) is 2.21. The fraction of sp³-hybridized carbons (Fsp3) is 0.455. The zero-order valence-corrected chi connectivity index (χ0v) is 8.31. The molecule has 1 fully saturated rings. The number of benzene rings is 1. The maximum Gasteiger partial charge on any atom is 0.123 e. The summed E-state index contributed by atoms with van der Waals surface area (Å²) in [5.74, 6) is -0.155. The number of aryl methyl sites for hydroxylation is 1. The number of hydrogen-bond donors (Lipinski definition) is 2. The Morgan fingerprint density at radius 1 is 1.36 bits per heavy atom. The van der Waals surface area contributed by atoms with Crippen LogP contribution in [0.1, 0.15) is 17.2 Å². The van der Waals surface area contributed by atoms with Gasteiger partial charge in [-0.3, -0.25) is 0 Å². The molecule has 1 saturated heterocycles. The number of rotatable bonds is 1. The largest absolute Gasteiger partial charge is 0.314 e. The molecule has 1 aliphatic rings. The number of halogens is 1. The van der Waals surface area contributed by atoms with Gasteiger partial charge < -0.3 is 10.6 Å². The van der Waals surface area contributed by atoms with E-state index in [-0.39, 0.29) is 11.9 Å². The topological polar surface area (TPSA) is 24.1 Å². The van der Waals surface area contributed by atoms with Crippen LogP contribution in [0.15, 0.2) is 18.2 Å². The average molecular weight is 194 g/mol. The molecule has 1 aromatic rings. The molecule has 1 atom stereocenters. The van der Waals surface area contributed by atoms with Gasteiger partial charge in [0.15, 0.2) is 0 Å². The first kappa shape index (κ1) is 9.62. The van der Waals surface area contributed by atoms with E-state index in [1.165, 1.54) is 6.07 Å². The van der Waals surface area contributed by atoms with Gasteiger partial charge in [-0.15, -0.1) is 0 Å². The van der Waals surface area contributed by atoms with Gasteiger partial charge in [-0.05, 0) is 30.2 Å². The summed E-state index contributed by atoms with van der Waals surface area (Å²) in [7, 11) is 0. The van der Waals surface area contributed by atoms with Crippen molar-refractivity contribution in [1.82, 2.24) is 10.6 Å². The lowest BCUT2D eigenvalue weighted by Gasteiger charge is -2.26. The van der Waals surface area contributed by atoms with Crippen LogP contribution in [0.5, 0.6) is 0 Å². The van der Waals surface area contributed by atoms with E-state index in [4.69, 9.17) is 0 Å². The van der Waals surface area contributed by atoms with Crippen LogP contribution in [-0.4, -0.2) is 19.6 Å². The minimum absolute atomic E-state index is 0.155. The third kappa shape index (κ3) is 1.94. The molecular formula is C11H15FN2. The standard InChI is InChI=1S/C11H15FN2/c1-8-2-3-9(12)6-10(8)11-7-13-4-5-14-11/h2-3,6,11,13-14H,4-5,7H2,1H3/t11-/m1/s1. The highest BCUT2D eigenvalue weighted by atomic mass is 19.1. The van der Waals surface area contributed by atoms with E-state index >= 15 is 0 Å². The van der Waals surface area contributed by atoms with Crippen LogP contribution in [-0.2, 0) is 0 Å². The zero-order valence-electron chi connectivity index (χ0n) is 8.31. The van der Waals surface area contributed by atoms with E-state index in [1.807, 2.05) is 13.0 Å². The highest BCUT2D eigenvalue weighted by Gasteiger charge is 2.16. The second-order valence-electron chi connectivity index (χ2n) is 3.71. The van der Waals surface area contributed by atoms with Crippen LogP contribution in [0.4, 0.5) is 4.39 Å². The summed E-state index contributed by atoms with van der Waals surface area (Å²) in [6.07, 6.45) is 0. The lowest BCUT2D eigenvalue weighted by atomic mass is 10.00. The molecule has 0 unspecified atom stereocenters. The highest BCUT2D eigenvalue weighted by molar-refractivity contribution is 5.30. The van der Waals surface area contributed by atoms with Gasteiger partial charge >= 0.3 is 0 Å². The fourth-order valence-corrected chi connectivity index (χ4v) is 1.86. The Morgan fingerprint density at radius 2 is 2.21 bits per heavy atom. The molecule has 76 valence electrons. The van der Waals surface area contributed by atoms with E-state index in [0.29, 0.717) is 0 Å². The second-order valence-corrected chi connectivity index (χ2v) is 3.71. The number of piperazine rings is 1. The van der Waals surface area contributed by atoms with Gasteiger partial charge in [0.25, 0.3) is 0 Å². The Hall–Kier alpha value is -0.930. The maximum atomic E-state index is 13.1. The lowest BCUT2D eigenvalue weighted by molar-refractivity contribution is 0.427. The molecule has 1 aliphatic heterocycles.